The van der Waals surface area contributed by atoms with Crippen LogP contribution in [0.1, 0.15) is 54.5 Å². The second-order valence-corrected chi connectivity index (χ2v) is 7.40. The van der Waals surface area contributed by atoms with Crippen molar-refractivity contribution in [2.24, 2.45) is 0 Å². The Morgan fingerprint density at radius 2 is 1.69 bits per heavy atom. The summed E-state index contributed by atoms with van der Waals surface area (Å²) in [5, 5.41) is 2.97. The van der Waals surface area contributed by atoms with Crippen molar-refractivity contribution in [2.45, 2.75) is 60.0 Å². The summed E-state index contributed by atoms with van der Waals surface area (Å²) in [4.78, 5) is 12.3. The van der Waals surface area contributed by atoms with Gasteiger partial charge >= 0.3 is 0 Å². The van der Waals surface area contributed by atoms with E-state index in [1.165, 1.54) is 16.7 Å². The molecule has 2 aromatic rings. The van der Waals surface area contributed by atoms with E-state index in [1.54, 1.807) is 6.92 Å². The van der Waals surface area contributed by atoms with Gasteiger partial charge in [0.05, 0.1) is 0 Å². The average Bonchev–Trinajstić information content (AvgIpc) is 2.59. The van der Waals surface area contributed by atoms with Crippen molar-refractivity contribution in [2.75, 3.05) is 6.54 Å². The zero-order chi connectivity index (χ0) is 19.3. The van der Waals surface area contributed by atoms with Crippen LogP contribution in [0.3, 0.4) is 0 Å². The van der Waals surface area contributed by atoms with Crippen molar-refractivity contribution in [1.82, 2.24) is 5.32 Å². The number of aryl methyl sites for hydroxylation is 2. The van der Waals surface area contributed by atoms with Gasteiger partial charge in [0.15, 0.2) is 6.10 Å². The third kappa shape index (κ3) is 5.35. The average molecular weight is 354 g/mol. The molecule has 0 aromatic heterocycles. The maximum atomic E-state index is 12.3. The molecule has 0 saturated heterocycles. The molecule has 1 N–H and O–H groups in total. The monoisotopic (exact) mass is 353 g/mol. The smallest absolute Gasteiger partial charge is 0.260 e. The number of amides is 1. The molecule has 0 aliphatic rings. The highest BCUT2D eigenvalue weighted by Gasteiger charge is 2.16. The molecule has 0 heterocycles. The van der Waals surface area contributed by atoms with Crippen LogP contribution in [-0.4, -0.2) is 18.6 Å². The van der Waals surface area contributed by atoms with E-state index >= 15 is 0 Å². The molecule has 26 heavy (non-hydrogen) atoms. The normalized spacial score (nSPS) is 12.1. The van der Waals surface area contributed by atoms with E-state index < -0.39 is 6.10 Å². The molecule has 0 aliphatic heterocycles. The molecule has 1 amide bonds. The van der Waals surface area contributed by atoms with E-state index in [-0.39, 0.29) is 5.91 Å². The number of nitrogens with one attached hydrogen (secondary N) is 1. The van der Waals surface area contributed by atoms with E-state index in [1.807, 2.05) is 19.9 Å². The van der Waals surface area contributed by atoms with Gasteiger partial charge in [0.25, 0.3) is 5.91 Å². The van der Waals surface area contributed by atoms with E-state index in [2.05, 4.69) is 56.4 Å². The molecule has 3 heteroatoms. The van der Waals surface area contributed by atoms with Crippen LogP contribution in [0.5, 0.6) is 5.75 Å². The van der Waals surface area contributed by atoms with Gasteiger partial charge in [0.1, 0.15) is 5.75 Å². The molecule has 0 spiro atoms. The molecule has 0 saturated carbocycles. The molecular weight excluding hydrogens is 322 g/mol. The molecule has 0 fully saturated rings. The SMILES string of the molecule is Cc1cc(C)c(C)c(O[C@H](C)C(=O)NCCc2ccc(C(C)C)cc2)c1. The van der Waals surface area contributed by atoms with Gasteiger partial charge in [-0.25, -0.2) is 0 Å². The van der Waals surface area contributed by atoms with Gasteiger partial charge in [0, 0.05) is 6.54 Å². The summed E-state index contributed by atoms with van der Waals surface area (Å²) >= 11 is 0. The summed E-state index contributed by atoms with van der Waals surface area (Å²) in [5.74, 6) is 1.24. The highest BCUT2D eigenvalue weighted by Crippen LogP contribution is 2.24. The summed E-state index contributed by atoms with van der Waals surface area (Å²) in [6, 6.07) is 12.7. The fraction of sp³-hybridized carbons (Fsp3) is 0.435. The van der Waals surface area contributed by atoms with E-state index in [4.69, 9.17) is 4.74 Å². The largest absolute Gasteiger partial charge is 0.481 e. The molecule has 2 aromatic carbocycles. The predicted molar refractivity (Wildman–Crippen MR) is 108 cm³/mol. The Labute approximate surface area is 157 Å². The Hall–Kier alpha value is -2.29. The zero-order valence-electron chi connectivity index (χ0n) is 16.8. The Kier molecular flexibility index (Phi) is 6.84. The Balaban J connectivity index is 1.85. The van der Waals surface area contributed by atoms with E-state index in [0.717, 1.165) is 23.3 Å². The second-order valence-electron chi connectivity index (χ2n) is 7.40. The highest BCUT2D eigenvalue weighted by atomic mass is 16.5. The first-order chi connectivity index (χ1) is 12.3. The number of carbonyl (C=O) groups is 1. The maximum Gasteiger partial charge on any atom is 0.260 e. The number of hydrogen-bond donors (Lipinski definition) is 1. The maximum absolute atomic E-state index is 12.3. The molecular formula is C23H31NO2. The Morgan fingerprint density at radius 3 is 2.31 bits per heavy atom. The fourth-order valence-electron chi connectivity index (χ4n) is 2.91. The zero-order valence-corrected chi connectivity index (χ0v) is 16.8. The molecule has 0 aliphatic carbocycles. The topological polar surface area (TPSA) is 38.3 Å². The van der Waals surface area contributed by atoms with Crippen molar-refractivity contribution in [1.29, 1.82) is 0 Å². The number of hydrogen-bond acceptors (Lipinski definition) is 2. The first kappa shape index (κ1) is 20.0. The van der Waals surface area contributed by atoms with Gasteiger partial charge in [0.2, 0.25) is 0 Å². The van der Waals surface area contributed by atoms with Crippen molar-refractivity contribution < 1.29 is 9.53 Å². The van der Waals surface area contributed by atoms with Crippen LogP contribution >= 0.6 is 0 Å². The van der Waals surface area contributed by atoms with Crippen molar-refractivity contribution in [3.63, 3.8) is 0 Å². The standard InChI is InChI=1S/C23H31NO2/c1-15(2)21-9-7-20(8-10-21)11-12-24-23(25)19(6)26-22-14-16(3)13-17(4)18(22)5/h7-10,13-15,19H,11-12H2,1-6H3,(H,24,25)/t19-/m1/s1. The lowest BCUT2D eigenvalue weighted by atomic mass is 10.0. The van der Waals surface area contributed by atoms with Gasteiger partial charge in [-0.2, -0.15) is 0 Å². The van der Waals surface area contributed by atoms with Crippen LogP contribution in [0.25, 0.3) is 0 Å². The lowest BCUT2D eigenvalue weighted by Crippen LogP contribution is -2.37. The van der Waals surface area contributed by atoms with Crippen LogP contribution in [0.4, 0.5) is 0 Å². The van der Waals surface area contributed by atoms with Crippen molar-refractivity contribution in [3.05, 3.63) is 64.2 Å². The third-order valence-electron chi connectivity index (χ3n) is 4.80. The van der Waals surface area contributed by atoms with Gasteiger partial charge in [-0.15, -0.1) is 0 Å². The van der Waals surface area contributed by atoms with E-state index in [9.17, 15) is 4.79 Å². The fourth-order valence-corrected chi connectivity index (χ4v) is 2.91. The minimum atomic E-state index is -0.516. The number of benzene rings is 2. The minimum Gasteiger partial charge on any atom is -0.481 e. The number of rotatable bonds is 7. The van der Waals surface area contributed by atoms with Gasteiger partial charge in [-0.3, -0.25) is 4.79 Å². The van der Waals surface area contributed by atoms with Gasteiger partial charge < -0.3 is 10.1 Å². The molecule has 0 bridgehead atoms. The van der Waals surface area contributed by atoms with Crippen LogP contribution < -0.4 is 10.1 Å². The van der Waals surface area contributed by atoms with Gasteiger partial charge in [-0.05, 0) is 73.9 Å². The summed E-state index contributed by atoms with van der Waals surface area (Å²) in [6.45, 7) is 12.9. The minimum absolute atomic E-state index is 0.0811. The lowest BCUT2D eigenvalue weighted by molar-refractivity contribution is -0.127. The molecule has 0 unspecified atom stereocenters. The van der Waals surface area contributed by atoms with Crippen LogP contribution in [0.15, 0.2) is 36.4 Å². The summed E-state index contributed by atoms with van der Waals surface area (Å²) < 4.78 is 5.90. The van der Waals surface area contributed by atoms with Crippen LogP contribution in [-0.2, 0) is 11.2 Å². The summed E-state index contributed by atoms with van der Waals surface area (Å²) in [5.41, 5.74) is 5.97. The Morgan fingerprint density at radius 1 is 1.04 bits per heavy atom. The molecule has 2 rings (SSSR count). The lowest BCUT2D eigenvalue weighted by Gasteiger charge is -2.18. The van der Waals surface area contributed by atoms with Crippen LogP contribution in [0, 0.1) is 20.8 Å². The van der Waals surface area contributed by atoms with E-state index in [0.29, 0.717) is 12.5 Å². The quantitative estimate of drug-likeness (QED) is 0.772. The predicted octanol–water partition coefficient (Wildman–Crippen LogP) is 4.86. The first-order valence-corrected chi connectivity index (χ1v) is 9.39. The van der Waals surface area contributed by atoms with Crippen LogP contribution in [0.2, 0.25) is 0 Å². The van der Waals surface area contributed by atoms with Crippen molar-refractivity contribution >= 4 is 5.91 Å². The van der Waals surface area contributed by atoms with Gasteiger partial charge in [-0.1, -0.05) is 44.2 Å². The molecule has 140 valence electrons. The molecule has 0 radical (unpaired) electrons. The van der Waals surface area contributed by atoms with Crippen molar-refractivity contribution in [3.8, 4) is 5.75 Å². The second kappa shape index (κ2) is 8.88. The molecule has 3 nitrogen and oxygen atoms in total. The summed E-state index contributed by atoms with van der Waals surface area (Å²) in [7, 11) is 0. The molecule has 1 atom stereocenters. The highest BCUT2D eigenvalue weighted by molar-refractivity contribution is 5.80. The first-order valence-electron chi connectivity index (χ1n) is 9.39. The summed E-state index contributed by atoms with van der Waals surface area (Å²) in [6.07, 6.45) is 0.303. The number of ether oxygens (including phenoxy) is 1. The third-order valence-corrected chi connectivity index (χ3v) is 4.80. The number of carbonyl (C=O) groups excluding carboxylic acids is 1. The Bertz CT molecular complexity index is 748.